The van der Waals surface area contributed by atoms with Gasteiger partial charge < -0.3 is 10.1 Å². The molecule has 0 atom stereocenters. The van der Waals surface area contributed by atoms with Gasteiger partial charge in [-0.3, -0.25) is 20.2 Å². The van der Waals surface area contributed by atoms with Crippen LogP contribution in [0.1, 0.15) is 32.1 Å². The number of non-ortho nitro benzene ring substituents is 1. The normalized spacial score (nSPS) is 13.5. The highest BCUT2D eigenvalue weighted by Gasteiger charge is 2.13. The van der Waals surface area contributed by atoms with Crippen LogP contribution in [0.15, 0.2) is 29.8 Å². The predicted molar refractivity (Wildman–Crippen MR) is 96.3 cm³/mol. The fourth-order valence-corrected chi connectivity index (χ4v) is 2.77. The van der Waals surface area contributed by atoms with E-state index in [-0.39, 0.29) is 16.5 Å². The van der Waals surface area contributed by atoms with Crippen molar-refractivity contribution in [3.05, 3.63) is 45.0 Å². The molecule has 0 aromatic heterocycles. The fraction of sp³-hybridized carbons (Fsp3) is 0.412. The molecule has 0 unspecified atom stereocenters. The summed E-state index contributed by atoms with van der Waals surface area (Å²) in [6, 6.07) is 3.05. The Labute approximate surface area is 155 Å². The van der Waals surface area contributed by atoms with E-state index in [1.54, 1.807) is 0 Å². The number of hydrogen-bond donors (Lipinski definition) is 2. The number of hydrogen-bond acceptors (Lipinski definition) is 5. The van der Waals surface area contributed by atoms with Crippen LogP contribution in [-0.4, -0.2) is 30.0 Å². The largest absolute Gasteiger partial charge is 0.482 e. The number of imide groups is 1. The number of benzene rings is 1. The highest BCUT2D eigenvalue weighted by molar-refractivity contribution is 6.32. The number of rotatable bonds is 7. The van der Waals surface area contributed by atoms with Gasteiger partial charge in [0.15, 0.2) is 6.61 Å². The number of nitrogens with zero attached hydrogens (tertiary/aromatic N) is 1. The Bertz CT molecular complexity index is 720. The van der Waals surface area contributed by atoms with Gasteiger partial charge in [0.2, 0.25) is 0 Å². The van der Waals surface area contributed by atoms with Gasteiger partial charge in [-0.1, -0.05) is 23.3 Å². The van der Waals surface area contributed by atoms with Crippen LogP contribution in [0, 0.1) is 10.1 Å². The molecular formula is C17H20ClN3O5. The van der Waals surface area contributed by atoms with Gasteiger partial charge in [0.05, 0.1) is 9.95 Å². The average Bonchev–Trinajstić information content (AvgIpc) is 2.61. The molecule has 0 spiro atoms. The number of allylic oxidation sites excluding steroid dienone is 1. The lowest BCUT2D eigenvalue weighted by Gasteiger charge is -2.13. The molecule has 2 N–H and O–H groups in total. The summed E-state index contributed by atoms with van der Waals surface area (Å²) in [4.78, 5) is 33.4. The van der Waals surface area contributed by atoms with Crippen LogP contribution in [0.25, 0.3) is 0 Å². The van der Waals surface area contributed by atoms with Gasteiger partial charge in [-0.25, -0.2) is 4.79 Å². The van der Waals surface area contributed by atoms with Crippen LogP contribution in [0.3, 0.4) is 0 Å². The summed E-state index contributed by atoms with van der Waals surface area (Å²) >= 11 is 5.86. The lowest BCUT2D eigenvalue weighted by Crippen LogP contribution is -2.42. The first-order valence-corrected chi connectivity index (χ1v) is 8.66. The Kier molecular flexibility index (Phi) is 7.40. The Morgan fingerprint density at radius 2 is 2.12 bits per heavy atom. The first kappa shape index (κ1) is 19.7. The Morgan fingerprint density at radius 1 is 1.31 bits per heavy atom. The second kappa shape index (κ2) is 9.76. The zero-order chi connectivity index (χ0) is 18.9. The van der Waals surface area contributed by atoms with Gasteiger partial charge in [-0.15, -0.1) is 0 Å². The maximum atomic E-state index is 11.7. The van der Waals surface area contributed by atoms with Crippen LogP contribution >= 0.6 is 11.6 Å². The van der Waals surface area contributed by atoms with Gasteiger partial charge in [0, 0.05) is 18.7 Å². The van der Waals surface area contributed by atoms with Crippen LogP contribution in [0.4, 0.5) is 10.5 Å². The van der Waals surface area contributed by atoms with Crippen molar-refractivity contribution in [1.29, 1.82) is 0 Å². The van der Waals surface area contributed by atoms with E-state index in [0.29, 0.717) is 6.54 Å². The third-order valence-electron chi connectivity index (χ3n) is 3.85. The fourth-order valence-electron chi connectivity index (χ4n) is 2.54. The van der Waals surface area contributed by atoms with E-state index in [9.17, 15) is 19.7 Å². The molecule has 1 aromatic carbocycles. The molecule has 1 aliphatic rings. The SMILES string of the molecule is O=C(COc1ccc([N+](=O)[O-])cc1Cl)NC(=O)NCCC1=CCCCC1. The summed E-state index contributed by atoms with van der Waals surface area (Å²) in [5.74, 6) is -0.522. The maximum absolute atomic E-state index is 11.7. The molecule has 9 heteroatoms. The smallest absolute Gasteiger partial charge is 0.321 e. The van der Waals surface area contributed by atoms with E-state index >= 15 is 0 Å². The second-order valence-corrected chi connectivity index (χ2v) is 6.23. The minimum atomic E-state index is -0.645. The number of nitro groups is 1. The van der Waals surface area contributed by atoms with E-state index in [4.69, 9.17) is 16.3 Å². The number of carbonyl (C=O) groups excluding carboxylic acids is 2. The number of halogens is 1. The predicted octanol–water partition coefficient (Wildman–Crippen LogP) is 3.34. The van der Waals surface area contributed by atoms with E-state index in [2.05, 4.69) is 16.7 Å². The van der Waals surface area contributed by atoms with Gasteiger partial charge in [0.25, 0.3) is 11.6 Å². The van der Waals surface area contributed by atoms with Gasteiger partial charge >= 0.3 is 6.03 Å². The topological polar surface area (TPSA) is 111 Å². The molecule has 1 aliphatic carbocycles. The van der Waals surface area contributed by atoms with E-state index in [0.717, 1.165) is 25.3 Å². The minimum Gasteiger partial charge on any atom is -0.482 e. The molecule has 26 heavy (non-hydrogen) atoms. The summed E-state index contributed by atoms with van der Waals surface area (Å²) < 4.78 is 5.18. The summed E-state index contributed by atoms with van der Waals surface area (Å²) in [6.07, 6.45) is 7.52. The molecule has 3 amide bonds. The molecule has 0 heterocycles. The highest BCUT2D eigenvalue weighted by Crippen LogP contribution is 2.28. The molecule has 0 aliphatic heterocycles. The highest BCUT2D eigenvalue weighted by atomic mass is 35.5. The first-order chi connectivity index (χ1) is 12.5. The zero-order valence-electron chi connectivity index (χ0n) is 14.1. The van der Waals surface area contributed by atoms with Crippen LogP contribution in [0.2, 0.25) is 5.02 Å². The molecule has 2 rings (SSSR count). The third-order valence-corrected chi connectivity index (χ3v) is 4.15. The van der Waals surface area contributed by atoms with E-state index in [1.807, 2.05) is 0 Å². The van der Waals surface area contributed by atoms with Crippen molar-refractivity contribution < 1.29 is 19.2 Å². The monoisotopic (exact) mass is 381 g/mol. The average molecular weight is 382 g/mol. The summed E-state index contributed by atoms with van der Waals surface area (Å²) in [5, 5.41) is 15.4. The first-order valence-electron chi connectivity index (χ1n) is 8.28. The van der Waals surface area contributed by atoms with Crippen molar-refractivity contribution in [2.75, 3.05) is 13.2 Å². The second-order valence-electron chi connectivity index (χ2n) is 5.82. The molecule has 0 saturated carbocycles. The number of nitrogens with one attached hydrogen (secondary N) is 2. The van der Waals surface area contributed by atoms with Crippen molar-refractivity contribution in [2.45, 2.75) is 32.1 Å². The molecule has 1 aromatic rings. The number of urea groups is 1. The lowest BCUT2D eigenvalue weighted by atomic mass is 9.97. The van der Waals surface area contributed by atoms with Gasteiger partial charge in [0.1, 0.15) is 5.75 Å². The molecule has 0 fully saturated rings. The van der Waals surface area contributed by atoms with Crippen LogP contribution in [-0.2, 0) is 4.79 Å². The quantitative estimate of drug-likeness (QED) is 0.427. The summed E-state index contributed by atoms with van der Waals surface area (Å²) in [7, 11) is 0. The Hall–Kier alpha value is -2.61. The van der Waals surface area contributed by atoms with Crippen molar-refractivity contribution in [2.24, 2.45) is 0 Å². The van der Waals surface area contributed by atoms with Crippen molar-refractivity contribution in [3.63, 3.8) is 0 Å². The maximum Gasteiger partial charge on any atom is 0.321 e. The molecule has 8 nitrogen and oxygen atoms in total. The number of amides is 3. The zero-order valence-corrected chi connectivity index (χ0v) is 14.9. The van der Waals surface area contributed by atoms with Gasteiger partial charge in [-0.05, 0) is 38.2 Å². The van der Waals surface area contributed by atoms with Crippen molar-refractivity contribution >= 4 is 29.2 Å². The molecule has 0 bridgehead atoms. The lowest BCUT2D eigenvalue weighted by molar-refractivity contribution is -0.384. The number of carbonyl (C=O) groups is 2. The van der Waals surface area contributed by atoms with E-state index in [1.165, 1.54) is 30.5 Å². The Morgan fingerprint density at radius 3 is 2.77 bits per heavy atom. The van der Waals surface area contributed by atoms with Crippen LogP contribution < -0.4 is 15.4 Å². The summed E-state index contributed by atoms with van der Waals surface area (Å²) in [5.41, 5.74) is 1.15. The molecule has 0 saturated heterocycles. The Balaban J connectivity index is 1.70. The minimum absolute atomic E-state index is 0.0113. The van der Waals surface area contributed by atoms with Crippen LogP contribution in [0.5, 0.6) is 5.75 Å². The molecular weight excluding hydrogens is 362 g/mol. The number of ether oxygens (including phenoxy) is 1. The molecule has 0 radical (unpaired) electrons. The van der Waals surface area contributed by atoms with Crippen molar-refractivity contribution in [1.82, 2.24) is 10.6 Å². The van der Waals surface area contributed by atoms with Gasteiger partial charge in [-0.2, -0.15) is 0 Å². The third kappa shape index (κ3) is 6.36. The van der Waals surface area contributed by atoms with Crippen molar-refractivity contribution in [3.8, 4) is 5.75 Å². The number of nitro benzene ring substituents is 1. The summed E-state index contributed by atoms with van der Waals surface area (Å²) in [6.45, 7) is 0.0239. The standard InChI is InChI=1S/C17H20ClN3O5/c18-14-10-13(21(24)25)6-7-15(14)26-11-16(22)20-17(23)19-9-8-12-4-2-1-3-5-12/h4,6-7,10H,1-3,5,8-9,11H2,(H2,19,20,22,23). The van der Waals surface area contributed by atoms with E-state index < -0.39 is 23.5 Å². The molecule has 140 valence electrons.